The predicted molar refractivity (Wildman–Crippen MR) is 112 cm³/mol. The van der Waals surface area contributed by atoms with E-state index in [1.54, 1.807) is 18.6 Å². The van der Waals surface area contributed by atoms with Gasteiger partial charge in [-0.1, -0.05) is 23.5 Å². The molecule has 0 aliphatic carbocycles. The molecule has 5 nitrogen and oxygen atoms in total. The van der Waals surface area contributed by atoms with Crippen LogP contribution in [0.15, 0.2) is 61.1 Å². The largest absolute Gasteiger partial charge is 0.416 e. The fourth-order valence-corrected chi connectivity index (χ4v) is 3.79. The fourth-order valence-electron chi connectivity index (χ4n) is 3.00. The van der Waals surface area contributed by atoms with Gasteiger partial charge in [-0.05, 0) is 42.3 Å². The number of benzene rings is 1. The molecule has 1 atom stereocenters. The third-order valence-corrected chi connectivity index (χ3v) is 5.52. The second kappa shape index (κ2) is 8.37. The van der Waals surface area contributed by atoms with E-state index >= 15 is 0 Å². The number of nitrogens with two attached hydrogens (primary N) is 1. The van der Waals surface area contributed by atoms with Crippen molar-refractivity contribution in [2.75, 3.05) is 11.9 Å². The highest BCUT2D eigenvalue weighted by molar-refractivity contribution is 7.18. The molecule has 9 heteroatoms. The molecule has 3 aromatic heterocycles. The van der Waals surface area contributed by atoms with Gasteiger partial charge < -0.3 is 11.1 Å². The fraction of sp³-hybridized carbons (Fsp3) is 0.190. The first-order valence-electron chi connectivity index (χ1n) is 9.21. The average molecular weight is 429 g/mol. The first-order chi connectivity index (χ1) is 14.4. The van der Waals surface area contributed by atoms with Crippen molar-refractivity contribution in [3.63, 3.8) is 0 Å². The van der Waals surface area contributed by atoms with Crippen molar-refractivity contribution in [1.29, 1.82) is 0 Å². The van der Waals surface area contributed by atoms with Gasteiger partial charge in [0.15, 0.2) is 5.13 Å². The summed E-state index contributed by atoms with van der Waals surface area (Å²) in [5, 5.41) is 4.88. The van der Waals surface area contributed by atoms with Gasteiger partial charge in [0.05, 0.1) is 21.7 Å². The SMILES string of the molecule is NC(CNc1ncc(-c2ccc3cnccc3n2)s1)Cc1ccc(C(F)(F)F)cc1. The zero-order chi connectivity index (χ0) is 21.1. The Hall–Kier alpha value is -3.04. The minimum atomic E-state index is -4.33. The molecule has 0 bridgehead atoms. The molecule has 3 N–H and O–H groups in total. The van der Waals surface area contributed by atoms with E-state index in [1.165, 1.54) is 23.5 Å². The minimum Gasteiger partial charge on any atom is -0.360 e. The molecule has 0 saturated heterocycles. The van der Waals surface area contributed by atoms with Crippen LogP contribution in [0.2, 0.25) is 0 Å². The molecular formula is C21H18F3N5S. The van der Waals surface area contributed by atoms with Crippen LogP contribution in [0.3, 0.4) is 0 Å². The van der Waals surface area contributed by atoms with Crippen molar-refractivity contribution in [1.82, 2.24) is 15.0 Å². The lowest BCUT2D eigenvalue weighted by molar-refractivity contribution is -0.137. The van der Waals surface area contributed by atoms with Gasteiger partial charge in [-0.15, -0.1) is 0 Å². The first kappa shape index (κ1) is 20.2. The number of alkyl halides is 3. The molecule has 3 heterocycles. The summed E-state index contributed by atoms with van der Waals surface area (Å²) in [7, 11) is 0. The van der Waals surface area contributed by atoms with Gasteiger partial charge >= 0.3 is 6.18 Å². The van der Waals surface area contributed by atoms with E-state index in [4.69, 9.17) is 5.73 Å². The normalized spacial score (nSPS) is 12.8. The van der Waals surface area contributed by atoms with Gasteiger partial charge in [-0.25, -0.2) is 9.97 Å². The highest BCUT2D eigenvalue weighted by atomic mass is 32.1. The van der Waals surface area contributed by atoms with Gasteiger partial charge in [0, 0.05) is 36.6 Å². The number of pyridine rings is 2. The lowest BCUT2D eigenvalue weighted by Crippen LogP contribution is -2.31. The Bertz CT molecular complexity index is 1140. The van der Waals surface area contributed by atoms with E-state index in [2.05, 4.69) is 20.3 Å². The van der Waals surface area contributed by atoms with Crippen LogP contribution in [0.4, 0.5) is 18.3 Å². The number of rotatable bonds is 6. The van der Waals surface area contributed by atoms with Crippen LogP contribution >= 0.6 is 11.3 Å². The molecule has 0 fully saturated rings. The van der Waals surface area contributed by atoms with Crippen molar-refractivity contribution in [2.24, 2.45) is 5.73 Å². The third-order valence-electron chi connectivity index (χ3n) is 4.54. The first-order valence-corrected chi connectivity index (χ1v) is 10.0. The number of halogens is 3. The van der Waals surface area contributed by atoms with Gasteiger partial charge in [0.2, 0.25) is 0 Å². The number of hydrogen-bond acceptors (Lipinski definition) is 6. The Morgan fingerprint density at radius 2 is 1.83 bits per heavy atom. The van der Waals surface area contributed by atoms with Crippen molar-refractivity contribution in [3.8, 4) is 10.6 Å². The molecule has 154 valence electrons. The zero-order valence-corrected chi connectivity index (χ0v) is 16.5. The van der Waals surface area contributed by atoms with E-state index in [9.17, 15) is 13.2 Å². The Morgan fingerprint density at radius 3 is 2.60 bits per heavy atom. The van der Waals surface area contributed by atoms with Gasteiger partial charge in [-0.3, -0.25) is 4.98 Å². The minimum absolute atomic E-state index is 0.264. The predicted octanol–water partition coefficient (Wildman–Crippen LogP) is 4.75. The maximum Gasteiger partial charge on any atom is 0.416 e. The molecular weight excluding hydrogens is 411 g/mol. The topological polar surface area (TPSA) is 76.7 Å². The van der Waals surface area contributed by atoms with Crippen LogP contribution in [0.1, 0.15) is 11.1 Å². The van der Waals surface area contributed by atoms with E-state index in [-0.39, 0.29) is 6.04 Å². The van der Waals surface area contributed by atoms with Crippen molar-refractivity contribution in [3.05, 3.63) is 72.2 Å². The Kier molecular flexibility index (Phi) is 5.65. The number of hydrogen-bond donors (Lipinski definition) is 2. The summed E-state index contributed by atoms with van der Waals surface area (Å²) in [4.78, 5) is 14.0. The lowest BCUT2D eigenvalue weighted by Gasteiger charge is -2.13. The van der Waals surface area contributed by atoms with E-state index < -0.39 is 11.7 Å². The number of thiazole rings is 1. The molecule has 0 spiro atoms. The molecule has 0 amide bonds. The quantitative estimate of drug-likeness (QED) is 0.462. The van der Waals surface area contributed by atoms with Crippen LogP contribution in [0, 0.1) is 0 Å². The molecule has 0 saturated carbocycles. The summed E-state index contributed by atoms with van der Waals surface area (Å²) in [5.74, 6) is 0. The van der Waals surface area contributed by atoms with E-state index in [0.717, 1.165) is 39.2 Å². The maximum absolute atomic E-state index is 12.6. The summed E-state index contributed by atoms with van der Waals surface area (Å²) < 4.78 is 37.9. The van der Waals surface area contributed by atoms with Crippen LogP contribution in [-0.4, -0.2) is 27.5 Å². The zero-order valence-electron chi connectivity index (χ0n) is 15.7. The van der Waals surface area contributed by atoms with Gasteiger partial charge in [0.25, 0.3) is 0 Å². The standard InChI is InChI=1S/C21H18F3N5S/c22-21(23,24)15-4-1-13(2-5-15)9-16(25)11-27-20-28-12-19(30-20)18-6-3-14-10-26-8-7-17(14)29-18/h1-8,10,12,16H,9,11,25H2,(H,27,28). The second-order valence-electron chi connectivity index (χ2n) is 6.83. The Balaban J connectivity index is 1.35. The number of nitrogens with zero attached hydrogens (tertiary/aromatic N) is 3. The van der Waals surface area contributed by atoms with Crippen LogP contribution < -0.4 is 11.1 Å². The summed E-state index contributed by atoms with van der Waals surface area (Å²) in [6, 6.07) is 10.6. The number of nitrogens with one attached hydrogen (secondary N) is 1. The summed E-state index contributed by atoms with van der Waals surface area (Å²) in [5.41, 5.74) is 7.92. The molecule has 4 rings (SSSR count). The van der Waals surface area contributed by atoms with E-state index in [1.807, 2.05) is 18.2 Å². The molecule has 1 aromatic carbocycles. The monoisotopic (exact) mass is 429 g/mol. The smallest absolute Gasteiger partial charge is 0.360 e. The van der Waals surface area contributed by atoms with Crippen molar-refractivity contribution in [2.45, 2.75) is 18.6 Å². The molecule has 1 unspecified atom stereocenters. The molecule has 0 aliphatic heterocycles. The van der Waals surface area contributed by atoms with Gasteiger partial charge in [0.1, 0.15) is 0 Å². The van der Waals surface area contributed by atoms with E-state index in [0.29, 0.717) is 18.1 Å². The highest BCUT2D eigenvalue weighted by Crippen LogP contribution is 2.30. The molecule has 4 aromatic rings. The van der Waals surface area contributed by atoms with Crippen LogP contribution in [0.25, 0.3) is 21.5 Å². The highest BCUT2D eigenvalue weighted by Gasteiger charge is 2.29. The molecule has 0 aliphatic rings. The molecule has 0 radical (unpaired) electrons. The van der Waals surface area contributed by atoms with Crippen LogP contribution in [-0.2, 0) is 12.6 Å². The number of fused-ring (bicyclic) bond motifs is 1. The maximum atomic E-state index is 12.6. The number of anilines is 1. The Morgan fingerprint density at radius 1 is 1.03 bits per heavy atom. The molecule has 30 heavy (non-hydrogen) atoms. The number of aromatic nitrogens is 3. The van der Waals surface area contributed by atoms with Crippen LogP contribution in [0.5, 0.6) is 0 Å². The van der Waals surface area contributed by atoms with Crippen molar-refractivity contribution >= 4 is 27.4 Å². The van der Waals surface area contributed by atoms with Gasteiger partial charge in [-0.2, -0.15) is 13.2 Å². The average Bonchev–Trinajstić information content (AvgIpc) is 3.21. The lowest BCUT2D eigenvalue weighted by atomic mass is 10.0. The Labute approximate surface area is 174 Å². The third kappa shape index (κ3) is 4.74. The summed E-state index contributed by atoms with van der Waals surface area (Å²) in [6.07, 6.45) is 1.36. The second-order valence-corrected chi connectivity index (χ2v) is 7.86. The summed E-state index contributed by atoms with van der Waals surface area (Å²) in [6.45, 7) is 0.449. The summed E-state index contributed by atoms with van der Waals surface area (Å²) >= 11 is 1.47. The van der Waals surface area contributed by atoms with Crippen molar-refractivity contribution < 1.29 is 13.2 Å².